The average Bonchev–Trinajstić information content (AvgIpc) is 2.61. The molecule has 2 rings (SSSR count). The van der Waals surface area contributed by atoms with Gasteiger partial charge < -0.3 is 14.8 Å². The molecule has 1 unspecified atom stereocenters. The van der Waals surface area contributed by atoms with Crippen LogP contribution >= 0.6 is 0 Å². The molecule has 0 fully saturated rings. The molecule has 142 valence electrons. The van der Waals surface area contributed by atoms with Gasteiger partial charge in [0, 0.05) is 5.69 Å². The first kappa shape index (κ1) is 20.2. The van der Waals surface area contributed by atoms with Crippen LogP contribution in [0.15, 0.2) is 48.5 Å². The molecule has 1 N–H and O–H groups in total. The Morgan fingerprint density at radius 1 is 0.923 bits per heavy atom. The molecular formula is C23H33NO2. The van der Waals surface area contributed by atoms with Crippen LogP contribution in [-0.2, 0) is 5.41 Å². The number of unbranched alkanes of at least 4 members (excludes halogenated alkanes) is 1. The first-order valence-corrected chi connectivity index (χ1v) is 9.62. The van der Waals surface area contributed by atoms with Crippen LogP contribution in [0, 0.1) is 0 Å². The molecule has 0 amide bonds. The van der Waals surface area contributed by atoms with E-state index in [2.05, 4.69) is 64.2 Å². The van der Waals surface area contributed by atoms with Crippen LogP contribution in [0.3, 0.4) is 0 Å². The van der Waals surface area contributed by atoms with E-state index in [1.165, 1.54) is 5.56 Å². The summed E-state index contributed by atoms with van der Waals surface area (Å²) in [5, 5.41) is 3.41. The van der Waals surface area contributed by atoms with Crippen LogP contribution in [-0.4, -0.2) is 19.3 Å². The fraction of sp³-hybridized carbons (Fsp3) is 0.478. The number of hydrogen-bond acceptors (Lipinski definition) is 3. The summed E-state index contributed by atoms with van der Waals surface area (Å²) in [6.07, 6.45) is 2.32. The Hall–Kier alpha value is -2.16. The normalized spacial score (nSPS) is 12.5. The van der Waals surface area contributed by atoms with E-state index in [1.54, 1.807) is 0 Å². The first-order valence-electron chi connectivity index (χ1n) is 9.62. The molecule has 1 atom stereocenters. The van der Waals surface area contributed by atoms with Crippen LogP contribution in [0.4, 0.5) is 5.69 Å². The molecule has 26 heavy (non-hydrogen) atoms. The van der Waals surface area contributed by atoms with Gasteiger partial charge in [0.25, 0.3) is 0 Å². The largest absolute Gasteiger partial charge is 0.494 e. The zero-order valence-corrected chi connectivity index (χ0v) is 16.8. The molecule has 3 nitrogen and oxygen atoms in total. The number of nitrogens with one attached hydrogen (secondary N) is 1. The highest BCUT2D eigenvalue weighted by molar-refractivity contribution is 5.46. The second kappa shape index (κ2) is 9.51. The summed E-state index contributed by atoms with van der Waals surface area (Å²) in [7, 11) is 0. The number of rotatable bonds is 9. The number of ether oxygens (including phenoxy) is 2. The third-order valence-electron chi connectivity index (χ3n) is 4.27. The van der Waals surface area contributed by atoms with Gasteiger partial charge in [-0.05, 0) is 60.7 Å². The van der Waals surface area contributed by atoms with E-state index in [4.69, 9.17) is 9.47 Å². The zero-order chi connectivity index (χ0) is 19.0. The van der Waals surface area contributed by atoms with Gasteiger partial charge in [0.1, 0.15) is 17.6 Å². The van der Waals surface area contributed by atoms with Crippen molar-refractivity contribution in [3.63, 3.8) is 0 Å². The summed E-state index contributed by atoms with van der Waals surface area (Å²) in [4.78, 5) is 0. The molecular weight excluding hydrogens is 322 g/mol. The fourth-order valence-corrected chi connectivity index (χ4v) is 2.57. The zero-order valence-electron chi connectivity index (χ0n) is 16.8. The molecule has 0 heterocycles. The third-order valence-corrected chi connectivity index (χ3v) is 4.27. The second-order valence-corrected chi connectivity index (χ2v) is 7.81. The molecule has 0 aromatic heterocycles. The van der Waals surface area contributed by atoms with E-state index >= 15 is 0 Å². The highest BCUT2D eigenvalue weighted by atomic mass is 16.5. The highest BCUT2D eigenvalue weighted by Gasteiger charge is 2.13. The molecule has 0 saturated heterocycles. The molecule has 0 bridgehead atoms. The molecule has 3 heteroatoms. The Bertz CT molecular complexity index is 641. The lowest BCUT2D eigenvalue weighted by atomic mass is 9.87. The summed E-state index contributed by atoms with van der Waals surface area (Å²) in [6.45, 7) is 12.4. The van der Waals surface area contributed by atoms with Crippen molar-refractivity contribution in [1.29, 1.82) is 0 Å². The van der Waals surface area contributed by atoms with Crippen LogP contribution in [0.2, 0.25) is 0 Å². The fourth-order valence-electron chi connectivity index (χ4n) is 2.57. The minimum atomic E-state index is 0.0796. The molecule has 2 aromatic carbocycles. The number of benzene rings is 2. The monoisotopic (exact) mass is 355 g/mol. The number of hydrogen-bond donors (Lipinski definition) is 1. The van der Waals surface area contributed by atoms with E-state index in [0.717, 1.165) is 43.2 Å². The van der Waals surface area contributed by atoms with E-state index < -0.39 is 0 Å². The van der Waals surface area contributed by atoms with Gasteiger partial charge in [-0.15, -0.1) is 0 Å². The summed E-state index contributed by atoms with van der Waals surface area (Å²) in [5.41, 5.74) is 2.56. The van der Waals surface area contributed by atoms with Gasteiger partial charge in [-0.2, -0.15) is 0 Å². The van der Waals surface area contributed by atoms with E-state index in [9.17, 15) is 0 Å². The number of anilines is 1. The van der Waals surface area contributed by atoms with Crippen molar-refractivity contribution >= 4 is 5.69 Å². The maximum atomic E-state index is 6.01. The molecule has 0 saturated carbocycles. The van der Waals surface area contributed by atoms with Gasteiger partial charge in [0.05, 0.1) is 13.2 Å². The third kappa shape index (κ3) is 6.62. The van der Waals surface area contributed by atoms with Gasteiger partial charge in [-0.25, -0.2) is 0 Å². The first-order chi connectivity index (χ1) is 12.4. The lowest BCUT2D eigenvalue weighted by molar-refractivity contribution is 0.234. The lowest BCUT2D eigenvalue weighted by Crippen LogP contribution is -2.22. The Balaban J connectivity index is 1.78. The van der Waals surface area contributed by atoms with Crippen molar-refractivity contribution in [2.75, 3.05) is 18.5 Å². The Morgan fingerprint density at radius 3 is 2.12 bits per heavy atom. The molecule has 2 aromatic rings. The molecule has 0 aliphatic rings. The van der Waals surface area contributed by atoms with Crippen LogP contribution in [0.1, 0.15) is 53.0 Å². The van der Waals surface area contributed by atoms with Crippen molar-refractivity contribution in [1.82, 2.24) is 0 Å². The Kier molecular flexibility index (Phi) is 7.38. The SMILES string of the molecule is CCCCOc1ccc(NCC(C)Oc2ccc(C(C)(C)C)cc2)cc1. The topological polar surface area (TPSA) is 30.5 Å². The van der Waals surface area contributed by atoms with Crippen LogP contribution in [0.25, 0.3) is 0 Å². The minimum Gasteiger partial charge on any atom is -0.494 e. The van der Waals surface area contributed by atoms with Crippen molar-refractivity contribution < 1.29 is 9.47 Å². The summed E-state index contributed by atoms with van der Waals surface area (Å²) in [6, 6.07) is 16.5. The van der Waals surface area contributed by atoms with Crippen molar-refractivity contribution in [2.45, 2.75) is 59.0 Å². The Labute approximate surface area is 158 Å². The van der Waals surface area contributed by atoms with Gasteiger partial charge in [0.2, 0.25) is 0 Å². The van der Waals surface area contributed by atoms with Crippen molar-refractivity contribution in [3.8, 4) is 11.5 Å². The highest BCUT2D eigenvalue weighted by Crippen LogP contribution is 2.24. The van der Waals surface area contributed by atoms with E-state index in [-0.39, 0.29) is 11.5 Å². The quantitative estimate of drug-likeness (QED) is 0.556. The summed E-state index contributed by atoms with van der Waals surface area (Å²) >= 11 is 0. The Morgan fingerprint density at radius 2 is 1.54 bits per heavy atom. The predicted molar refractivity (Wildman–Crippen MR) is 111 cm³/mol. The van der Waals surface area contributed by atoms with Gasteiger partial charge in [0.15, 0.2) is 0 Å². The van der Waals surface area contributed by atoms with Gasteiger partial charge in [-0.3, -0.25) is 0 Å². The maximum absolute atomic E-state index is 6.01. The second-order valence-electron chi connectivity index (χ2n) is 7.81. The lowest BCUT2D eigenvalue weighted by Gasteiger charge is -2.20. The summed E-state index contributed by atoms with van der Waals surface area (Å²) in [5.74, 6) is 1.83. The molecule has 0 radical (unpaired) electrons. The maximum Gasteiger partial charge on any atom is 0.119 e. The molecule has 0 aliphatic carbocycles. The van der Waals surface area contributed by atoms with Crippen LogP contribution in [0.5, 0.6) is 11.5 Å². The molecule has 0 aliphatic heterocycles. The smallest absolute Gasteiger partial charge is 0.119 e. The minimum absolute atomic E-state index is 0.0796. The van der Waals surface area contributed by atoms with Gasteiger partial charge in [-0.1, -0.05) is 46.2 Å². The van der Waals surface area contributed by atoms with E-state index in [0.29, 0.717) is 0 Å². The average molecular weight is 356 g/mol. The molecule has 0 spiro atoms. The van der Waals surface area contributed by atoms with Crippen molar-refractivity contribution in [3.05, 3.63) is 54.1 Å². The predicted octanol–water partition coefficient (Wildman–Crippen LogP) is 6.04. The van der Waals surface area contributed by atoms with Gasteiger partial charge >= 0.3 is 0 Å². The summed E-state index contributed by atoms with van der Waals surface area (Å²) < 4.78 is 11.7. The van der Waals surface area contributed by atoms with Crippen LogP contribution < -0.4 is 14.8 Å². The standard InChI is InChI=1S/C23H33NO2/c1-6-7-16-25-21-14-10-20(11-15-21)24-17-18(2)26-22-12-8-19(9-13-22)23(3,4)5/h8-15,18,24H,6-7,16-17H2,1-5H3. The van der Waals surface area contributed by atoms with E-state index in [1.807, 2.05) is 24.3 Å². The van der Waals surface area contributed by atoms with Crippen molar-refractivity contribution in [2.24, 2.45) is 0 Å².